The van der Waals surface area contributed by atoms with Gasteiger partial charge in [-0.3, -0.25) is 0 Å². The first-order valence-corrected chi connectivity index (χ1v) is 7.51. The quantitative estimate of drug-likeness (QED) is 0.827. The van der Waals surface area contributed by atoms with E-state index in [1.54, 1.807) is 23.1 Å². The van der Waals surface area contributed by atoms with Crippen molar-refractivity contribution in [3.8, 4) is 5.75 Å². The summed E-state index contributed by atoms with van der Waals surface area (Å²) in [6.45, 7) is 2.27. The smallest absolute Gasteiger partial charge is 0.150 e. The van der Waals surface area contributed by atoms with E-state index in [1.807, 2.05) is 42.6 Å². The monoisotopic (exact) mass is 281 g/mol. The number of hydrogen-bond donors (Lipinski definition) is 1. The van der Waals surface area contributed by atoms with Gasteiger partial charge in [-0.2, -0.15) is 0 Å². The zero-order chi connectivity index (χ0) is 12.8. The van der Waals surface area contributed by atoms with Crippen molar-refractivity contribution >= 4 is 23.1 Å². The Morgan fingerprint density at radius 1 is 1.39 bits per heavy atom. The lowest BCUT2D eigenvalue weighted by Gasteiger charge is -2.11. The highest BCUT2D eigenvalue weighted by Crippen LogP contribution is 2.23. The molecule has 0 aliphatic carbocycles. The number of benzene rings is 1. The van der Waals surface area contributed by atoms with Crippen molar-refractivity contribution in [2.24, 2.45) is 0 Å². The number of thioether (sulfide) groups is 1. The number of aryl methyl sites for hydroxylation is 1. The second-order valence-corrected chi connectivity index (χ2v) is 5.97. The third-order valence-electron chi connectivity index (χ3n) is 2.18. The minimum atomic E-state index is -0.487. The Kier molecular flexibility index (Phi) is 5.04. The molecule has 96 valence electrons. The number of para-hydroxylation sites is 1. The molecule has 3 nitrogen and oxygen atoms in total. The minimum absolute atomic E-state index is 0.307. The summed E-state index contributed by atoms with van der Waals surface area (Å²) < 4.78 is 6.47. The molecule has 0 aliphatic rings. The normalized spacial score (nSPS) is 12.3. The van der Waals surface area contributed by atoms with Gasteiger partial charge in [-0.15, -0.1) is 11.3 Å². The Bertz CT molecular complexity index is 473. The van der Waals surface area contributed by atoms with Gasteiger partial charge in [-0.1, -0.05) is 30.0 Å². The molecule has 1 aromatic heterocycles. The first kappa shape index (κ1) is 13.4. The highest BCUT2D eigenvalue weighted by atomic mass is 32.2. The molecule has 0 saturated heterocycles. The molecule has 1 unspecified atom stereocenters. The van der Waals surface area contributed by atoms with Gasteiger partial charge in [0.1, 0.15) is 16.7 Å². The lowest BCUT2D eigenvalue weighted by atomic mass is 10.3. The van der Waals surface area contributed by atoms with Crippen LogP contribution >= 0.6 is 23.1 Å². The van der Waals surface area contributed by atoms with Gasteiger partial charge in [-0.05, 0) is 19.1 Å². The Morgan fingerprint density at radius 2 is 2.17 bits per heavy atom. The molecule has 0 bridgehead atoms. The van der Waals surface area contributed by atoms with E-state index in [4.69, 9.17) is 4.74 Å². The first-order valence-electron chi connectivity index (χ1n) is 5.65. The van der Waals surface area contributed by atoms with Gasteiger partial charge in [0.25, 0.3) is 0 Å². The summed E-state index contributed by atoms with van der Waals surface area (Å²) in [4.78, 5) is 4.33. The second kappa shape index (κ2) is 6.78. The predicted molar refractivity (Wildman–Crippen MR) is 75.5 cm³/mol. The number of aromatic nitrogens is 1. The van der Waals surface area contributed by atoms with Crippen molar-refractivity contribution in [2.45, 2.75) is 17.4 Å². The van der Waals surface area contributed by atoms with E-state index in [9.17, 15) is 5.11 Å². The molecule has 0 amide bonds. The maximum Gasteiger partial charge on any atom is 0.150 e. The summed E-state index contributed by atoms with van der Waals surface area (Å²) in [5, 5.41) is 11.8. The van der Waals surface area contributed by atoms with Crippen LogP contribution in [0.1, 0.15) is 5.69 Å². The van der Waals surface area contributed by atoms with E-state index >= 15 is 0 Å². The molecule has 2 aromatic rings. The van der Waals surface area contributed by atoms with Crippen molar-refractivity contribution < 1.29 is 9.84 Å². The molecule has 0 fully saturated rings. The van der Waals surface area contributed by atoms with E-state index in [0.717, 1.165) is 15.8 Å². The van der Waals surface area contributed by atoms with Crippen LogP contribution in [0.15, 0.2) is 40.1 Å². The SMILES string of the molecule is Cc1csc(SCC(O)COc2ccccc2)n1. The van der Waals surface area contributed by atoms with Gasteiger partial charge < -0.3 is 9.84 Å². The molecule has 1 atom stereocenters. The molecule has 1 N–H and O–H groups in total. The number of ether oxygens (including phenoxy) is 1. The minimum Gasteiger partial charge on any atom is -0.491 e. The number of aliphatic hydroxyl groups is 1. The Balaban J connectivity index is 1.71. The van der Waals surface area contributed by atoms with Crippen LogP contribution in [0, 0.1) is 6.92 Å². The maximum absolute atomic E-state index is 9.81. The Labute approximate surface area is 115 Å². The van der Waals surface area contributed by atoms with Crippen LogP contribution in [0.5, 0.6) is 5.75 Å². The van der Waals surface area contributed by atoms with Gasteiger partial charge >= 0.3 is 0 Å². The third kappa shape index (κ3) is 4.33. The van der Waals surface area contributed by atoms with Gasteiger partial charge in [0, 0.05) is 16.8 Å². The standard InChI is InChI=1S/C13H15NO2S2/c1-10-8-17-13(14-10)18-9-11(15)7-16-12-5-3-2-4-6-12/h2-6,8,11,15H,7,9H2,1H3. The zero-order valence-corrected chi connectivity index (χ0v) is 11.7. The summed E-state index contributed by atoms with van der Waals surface area (Å²) in [6.07, 6.45) is -0.487. The molecule has 0 aliphatic heterocycles. The largest absolute Gasteiger partial charge is 0.491 e. The number of nitrogens with zero attached hydrogens (tertiary/aromatic N) is 1. The number of aliphatic hydroxyl groups excluding tert-OH is 1. The van der Waals surface area contributed by atoms with Crippen LogP contribution in [-0.2, 0) is 0 Å². The van der Waals surface area contributed by atoms with E-state index in [0.29, 0.717) is 12.4 Å². The van der Waals surface area contributed by atoms with E-state index in [1.165, 1.54) is 0 Å². The summed E-state index contributed by atoms with van der Waals surface area (Å²) in [6, 6.07) is 9.52. The third-order valence-corrected chi connectivity index (χ3v) is 4.47. The lowest BCUT2D eigenvalue weighted by Crippen LogP contribution is -2.19. The van der Waals surface area contributed by atoms with Crippen LogP contribution in [0.3, 0.4) is 0 Å². The molecule has 0 saturated carbocycles. The number of hydrogen-bond acceptors (Lipinski definition) is 5. The highest BCUT2D eigenvalue weighted by Gasteiger charge is 2.08. The second-order valence-electron chi connectivity index (χ2n) is 3.84. The van der Waals surface area contributed by atoms with Crippen LogP contribution in [0.25, 0.3) is 0 Å². The lowest BCUT2D eigenvalue weighted by molar-refractivity contribution is 0.126. The topological polar surface area (TPSA) is 42.4 Å². The summed E-state index contributed by atoms with van der Waals surface area (Å²) in [5.74, 6) is 1.38. The fourth-order valence-electron chi connectivity index (χ4n) is 1.32. The summed E-state index contributed by atoms with van der Waals surface area (Å²) in [7, 11) is 0. The van der Waals surface area contributed by atoms with E-state index in [-0.39, 0.29) is 0 Å². The van der Waals surface area contributed by atoms with Gasteiger partial charge in [0.2, 0.25) is 0 Å². The molecule has 1 aromatic carbocycles. The zero-order valence-electron chi connectivity index (χ0n) is 10.1. The number of thiazole rings is 1. The van der Waals surface area contributed by atoms with Crippen molar-refractivity contribution in [3.63, 3.8) is 0 Å². The van der Waals surface area contributed by atoms with Crippen LogP contribution < -0.4 is 4.74 Å². The summed E-state index contributed by atoms with van der Waals surface area (Å²) >= 11 is 3.17. The fourth-order valence-corrected chi connectivity index (χ4v) is 3.10. The first-order chi connectivity index (χ1) is 8.74. The highest BCUT2D eigenvalue weighted by molar-refractivity contribution is 8.01. The predicted octanol–water partition coefficient (Wildman–Crippen LogP) is 2.98. The van der Waals surface area contributed by atoms with Crippen molar-refractivity contribution in [1.29, 1.82) is 0 Å². The average Bonchev–Trinajstić information content (AvgIpc) is 2.81. The number of rotatable bonds is 6. The Morgan fingerprint density at radius 3 is 2.83 bits per heavy atom. The van der Waals surface area contributed by atoms with Gasteiger partial charge in [-0.25, -0.2) is 4.98 Å². The van der Waals surface area contributed by atoms with Crippen molar-refractivity contribution in [3.05, 3.63) is 41.4 Å². The molecule has 5 heteroatoms. The van der Waals surface area contributed by atoms with Crippen LogP contribution in [0.4, 0.5) is 0 Å². The van der Waals surface area contributed by atoms with E-state index in [2.05, 4.69) is 4.98 Å². The molecule has 0 spiro atoms. The molecule has 2 rings (SSSR count). The molecular weight excluding hydrogens is 266 g/mol. The van der Waals surface area contributed by atoms with Crippen LogP contribution in [-0.4, -0.2) is 28.6 Å². The van der Waals surface area contributed by atoms with Crippen molar-refractivity contribution in [1.82, 2.24) is 4.98 Å². The van der Waals surface area contributed by atoms with Crippen LogP contribution in [0.2, 0.25) is 0 Å². The average molecular weight is 281 g/mol. The maximum atomic E-state index is 9.81. The van der Waals surface area contributed by atoms with Gasteiger partial charge in [0.15, 0.2) is 0 Å². The molecular formula is C13H15NO2S2. The molecule has 1 heterocycles. The van der Waals surface area contributed by atoms with Crippen molar-refractivity contribution in [2.75, 3.05) is 12.4 Å². The molecule has 18 heavy (non-hydrogen) atoms. The summed E-state index contributed by atoms with van der Waals surface area (Å²) in [5.41, 5.74) is 1.03. The molecule has 0 radical (unpaired) electrons. The van der Waals surface area contributed by atoms with E-state index < -0.39 is 6.10 Å². The fraction of sp³-hybridized carbons (Fsp3) is 0.308. The Hall–Kier alpha value is -1.04. The van der Waals surface area contributed by atoms with Gasteiger partial charge in [0.05, 0.1) is 6.10 Å².